The van der Waals surface area contributed by atoms with Crippen molar-refractivity contribution in [2.75, 3.05) is 11.5 Å². The van der Waals surface area contributed by atoms with Crippen molar-refractivity contribution in [2.45, 2.75) is 31.0 Å². The first kappa shape index (κ1) is 19.4. The molecule has 3 atom stereocenters. The summed E-state index contributed by atoms with van der Waals surface area (Å²) in [4.78, 5) is 10.6. The van der Waals surface area contributed by atoms with Crippen LogP contribution in [0, 0.1) is 4.78 Å². The van der Waals surface area contributed by atoms with Crippen molar-refractivity contribution < 1.29 is 27.3 Å². The third-order valence-corrected chi connectivity index (χ3v) is 5.20. The second-order valence-corrected chi connectivity index (χ2v) is 7.69. The average Bonchev–Trinajstić information content (AvgIpc) is 2.44. The molecule has 23 heavy (non-hydrogen) atoms. The minimum atomic E-state index is -4.51. The van der Waals surface area contributed by atoms with Gasteiger partial charge in [0.15, 0.2) is 0 Å². The van der Waals surface area contributed by atoms with Crippen molar-refractivity contribution in [2.24, 2.45) is 5.73 Å². The Kier molecular flexibility index (Phi) is 6.57. The standard InChI is InChI=1S/C14H19F3N2O3S/c15-14(16,17)11(10-4-2-1-3-5-10)6-8-23(19,22)9-7-12(18)13(20)21/h1-5,11-12,19H,6-9,18H2,(H,20,21)/t11?,12-,23?/m0/s1. The van der Waals surface area contributed by atoms with Crippen LogP contribution in [-0.2, 0) is 14.5 Å². The predicted octanol–water partition coefficient (Wildman–Crippen LogP) is 2.57. The normalized spacial score (nSPS) is 17.2. The minimum absolute atomic E-state index is 0.0532. The number of hydrogen-bond acceptors (Lipinski definition) is 4. The van der Waals surface area contributed by atoms with Gasteiger partial charge in [0.05, 0.1) is 5.92 Å². The highest BCUT2D eigenvalue weighted by Crippen LogP contribution is 2.37. The fourth-order valence-corrected chi connectivity index (χ4v) is 3.51. The zero-order valence-electron chi connectivity index (χ0n) is 12.3. The summed E-state index contributed by atoms with van der Waals surface area (Å²) in [5.41, 5.74) is 5.30. The lowest BCUT2D eigenvalue weighted by atomic mass is 9.96. The van der Waals surface area contributed by atoms with Crippen LogP contribution in [0.3, 0.4) is 0 Å². The Morgan fingerprint density at radius 1 is 1.22 bits per heavy atom. The van der Waals surface area contributed by atoms with Gasteiger partial charge in [0.25, 0.3) is 0 Å². The molecule has 0 radical (unpaired) electrons. The van der Waals surface area contributed by atoms with E-state index in [1.165, 1.54) is 24.3 Å². The molecule has 9 heteroatoms. The van der Waals surface area contributed by atoms with Gasteiger partial charge in [0.1, 0.15) is 6.04 Å². The highest BCUT2D eigenvalue weighted by Gasteiger charge is 2.40. The summed E-state index contributed by atoms with van der Waals surface area (Å²) >= 11 is 0. The first-order valence-electron chi connectivity index (χ1n) is 6.87. The number of alkyl halides is 3. The van der Waals surface area contributed by atoms with E-state index in [0.717, 1.165) is 0 Å². The molecule has 0 heterocycles. The third-order valence-electron chi connectivity index (χ3n) is 3.41. The zero-order valence-corrected chi connectivity index (χ0v) is 13.1. The number of nitrogens with two attached hydrogens (primary N) is 1. The fraction of sp³-hybridized carbons (Fsp3) is 0.500. The summed E-state index contributed by atoms with van der Waals surface area (Å²) in [6.45, 7) is 0. The first-order valence-corrected chi connectivity index (χ1v) is 8.77. The number of carbonyl (C=O) groups is 1. The monoisotopic (exact) mass is 352 g/mol. The lowest BCUT2D eigenvalue weighted by molar-refractivity contribution is -0.150. The number of carboxylic acids is 1. The summed E-state index contributed by atoms with van der Waals surface area (Å²) in [5, 5.41) is 8.62. The Bertz CT molecular complexity index is 618. The number of halogens is 3. The fourth-order valence-electron chi connectivity index (χ4n) is 2.06. The zero-order chi connectivity index (χ0) is 17.7. The Morgan fingerprint density at radius 2 is 1.74 bits per heavy atom. The van der Waals surface area contributed by atoms with Crippen molar-refractivity contribution in [3.63, 3.8) is 0 Å². The Balaban J connectivity index is 2.73. The Labute approximate surface area is 132 Å². The van der Waals surface area contributed by atoms with Crippen molar-refractivity contribution in [3.8, 4) is 0 Å². The molecule has 0 aliphatic heterocycles. The molecule has 0 fully saturated rings. The SMILES string of the molecule is N=S(=O)(CCC(c1ccccc1)C(F)(F)F)CC[C@H](N)C(=O)O. The smallest absolute Gasteiger partial charge is 0.395 e. The molecule has 1 aromatic rings. The van der Waals surface area contributed by atoms with Crippen LogP contribution < -0.4 is 5.73 Å². The molecule has 1 aromatic carbocycles. The van der Waals surface area contributed by atoms with Crippen LogP contribution in [0.25, 0.3) is 0 Å². The molecule has 0 aliphatic carbocycles. The van der Waals surface area contributed by atoms with Gasteiger partial charge in [-0.2, -0.15) is 13.2 Å². The number of nitrogens with one attached hydrogen (secondary N) is 1. The summed E-state index contributed by atoms with van der Waals surface area (Å²) < 4.78 is 59.1. The van der Waals surface area contributed by atoms with Gasteiger partial charge in [0, 0.05) is 21.2 Å². The molecule has 4 N–H and O–H groups in total. The maximum Gasteiger partial charge on any atom is 0.395 e. The van der Waals surface area contributed by atoms with Gasteiger partial charge in [-0.05, 0) is 18.4 Å². The van der Waals surface area contributed by atoms with E-state index in [1.807, 2.05) is 0 Å². The van der Waals surface area contributed by atoms with E-state index in [0.29, 0.717) is 0 Å². The number of benzene rings is 1. The van der Waals surface area contributed by atoms with E-state index >= 15 is 0 Å². The van der Waals surface area contributed by atoms with Gasteiger partial charge < -0.3 is 10.8 Å². The molecule has 0 aromatic heterocycles. The highest BCUT2D eigenvalue weighted by molar-refractivity contribution is 7.92. The molecule has 130 valence electrons. The van der Waals surface area contributed by atoms with E-state index in [2.05, 4.69) is 0 Å². The van der Waals surface area contributed by atoms with Gasteiger partial charge in [-0.25, -0.2) is 4.21 Å². The van der Waals surface area contributed by atoms with E-state index in [9.17, 15) is 22.2 Å². The predicted molar refractivity (Wildman–Crippen MR) is 80.7 cm³/mol. The van der Waals surface area contributed by atoms with Gasteiger partial charge in [-0.3, -0.25) is 9.57 Å². The van der Waals surface area contributed by atoms with Crippen molar-refractivity contribution in [3.05, 3.63) is 35.9 Å². The molecule has 1 rings (SSSR count). The summed E-state index contributed by atoms with van der Waals surface area (Å²) in [6.07, 6.45) is -5.20. The van der Waals surface area contributed by atoms with Crippen LogP contribution in [-0.4, -0.2) is 39.0 Å². The molecule has 0 saturated carbocycles. The number of carboxylic acid groups (broad SMARTS) is 1. The van der Waals surface area contributed by atoms with E-state index < -0.39 is 46.0 Å². The number of hydrogen-bond donors (Lipinski definition) is 3. The largest absolute Gasteiger partial charge is 0.480 e. The summed E-state index contributed by atoms with van der Waals surface area (Å²) in [6, 6.07) is 5.97. The number of aliphatic carboxylic acids is 1. The molecule has 0 saturated heterocycles. The quantitative estimate of drug-likeness (QED) is 0.669. The van der Waals surface area contributed by atoms with Crippen molar-refractivity contribution >= 4 is 15.7 Å². The summed E-state index contributed by atoms with van der Waals surface area (Å²) in [5.74, 6) is -3.89. The lowest BCUT2D eigenvalue weighted by Gasteiger charge is -2.21. The molecular formula is C14H19F3N2O3S. The molecule has 5 nitrogen and oxygen atoms in total. The van der Waals surface area contributed by atoms with Crippen LogP contribution in [0.2, 0.25) is 0 Å². The topological polar surface area (TPSA) is 104 Å². The maximum atomic E-state index is 13.1. The number of rotatable bonds is 8. The molecule has 0 amide bonds. The lowest BCUT2D eigenvalue weighted by Crippen LogP contribution is -2.32. The van der Waals surface area contributed by atoms with E-state index in [4.69, 9.17) is 15.6 Å². The van der Waals surface area contributed by atoms with Crippen LogP contribution in [0.4, 0.5) is 13.2 Å². The first-order chi connectivity index (χ1) is 10.5. The average molecular weight is 352 g/mol. The molecule has 0 spiro atoms. The maximum absolute atomic E-state index is 13.1. The van der Waals surface area contributed by atoms with Gasteiger partial charge in [0.2, 0.25) is 0 Å². The highest BCUT2D eigenvalue weighted by atomic mass is 32.2. The van der Waals surface area contributed by atoms with Crippen LogP contribution in [0.1, 0.15) is 24.3 Å². The van der Waals surface area contributed by atoms with Crippen LogP contribution in [0.5, 0.6) is 0 Å². The van der Waals surface area contributed by atoms with Crippen LogP contribution >= 0.6 is 0 Å². The van der Waals surface area contributed by atoms with Crippen molar-refractivity contribution in [1.82, 2.24) is 0 Å². The van der Waals surface area contributed by atoms with E-state index in [1.54, 1.807) is 6.07 Å². The minimum Gasteiger partial charge on any atom is -0.480 e. The van der Waals surface area contributed by atoms with Gasteiger partial charge in [-0.1, -0.05) is 30.3 Å². The summed E-state index contributed by atoms with van der Waals surface area (Å²) in [7, 11) is -3.32. The molecule has 0 aliphatic rings. The second kappa shape index (κ2) is 7.78. The third kappa shape index (κ3) is 6.57. The molecule has 2 unspecified atom stereocenters. The second-order valence-electron chi connectivity index (χ2n) is 5.25. The molecular weight excluding hydrogens is 333 g/mol. The Morgan fingerprint density at radius 3 is 2.22 bits per heavy atom. The van der Waals surface area contributed by atoms with Gasteiger partial charge >= 0.3 is 12.1 Å². The van der Waals surface area contributed by atoms with Gasteiger partial charge in [-0.15, -0.1) is 0 Å². The Hall–Kier alpha value is -1.61. The van der Waals surface area contributed by atoms with E-state index in [-0.39, 0.29) is 17.7 Å². The van der Waals surface area contributed by atoms with Crippen molar-refractivity contribution in [1.29, 1.82) is 4.78 Å². The van der Waals surface area contributed by atoms with Crippen LogP contribution in [0.15, 0.2) is 30.3 Å². The molecule has 0 bridgehead atoms.